The van der Waals surface area contributed by atoms with Gasteiger partial charge in [0, 0.05) is 11.3 Å². The molecule has 3 aromatic carbocycles. The fraction of sp³-hybridized carbons (Fsp3) is 0.136. The van der Waals surface area contributed by atoms with Crippen molar-refractivity contribution in [1.29, 1.82) is 0 Å². The molecule has 2 N–H and O–H groups in total. The number of hydrogen-bond acceptors (Lipinski definition) is 4. The van der Waals surface area contributed by atoms with Crippen LogP contribution in [0.25, 0.3) is 11.1 Å². The molecule has 168 valence electrons. The molecule has 0 spiro atoms. The van der Waals surface area contributed by atoms with Gasteiger partial charge < -0.3 is 9.84 Å². The van der Waals surface area contributed by atoms with E-state index in [1.807, 2.05) is 0 Å². The van der Waals surface area contributed by atoms with E-state index in [-0.39, 0.29) is 28.3 Å². The minimum Gasteiger partial charge on any atom is -0.478 e. The summed E-state index contributed by atoms with van der Waals surface area (Å²) in [4.78, 5) is 11.1. The number of benzene rings is 3. The summed E-state index contributed by atoms with van der Waals surface area (Å²) in [6, 6.07) is 15.7. The van der Waals surface area contributed by atoms with Crippen LogP contribution in [-0.2, 0) is 15.8 Å². The van der Waals surface area contributed by atoms with E-state index in [9.17, 15) is 26.4 Å². The topological polar surface area (TPSA) is 92.7 Å². The summed E-state index contributed by atoms with van der Waals surface area (Å²) in [5.74, 6) is -1.84. The van der Waals surface area contributed by atoms with Gasteiger partial charge in [0.05, 0.1) is 11.3 Å². The molecule has 0 amide bonds. The molecule has 0 atom stereocenters. The number of ether oxygens (including phenoxy) is 1. The molecule has 0 saturated heterocycles. The molecular formula is C22H18F3NO5S. The number of para-hydroxylation sites is 1. The number of carbonyl (C=O) groups is 1. The molecule has 0 aromatic heterocycles. The van der Waals surface area contributed by atoms with Crippen LogP contribution in [0.4, 0.5) is 18.9 Å². The molecule has 0 unspecified atom stereocenters. The van der Waals surface area contributed by atoms with Gasteiger partial charge in [-0.05, 0) is 47.9 Å². The highest BCUT2D eigenvalue weighted by Crippen LogP contribution is 2.34. The van der Waals surface area contributed by atoms with Crippen molar-refractivity contribution in [2.24, 2.45) is 0 Å². The van der Waals surface area contributed by atoms with E-state index in [1.54, 1.807) is 13.0 Å². The first-order chi connectivity index (χ1) is 14.9. The molecule has 0 saturated carbocycles. The lowest BCUT2D eigenvalue weighted by molar-refractivity contribution is -0.274. The van der Waals surface area contributed by atoms with E-state index in [2.05, 4.69) is 9.46 Å². The van der Waals surface area contributed by atoms with E-state index in [1.165, 1.54) is 60.7 Å². The fourth-order valence-corrected chi connectivity index (χ4v) is 4.31. The molecule has 0 heterocycles. The summed E-state index contributed by atoms with van der Waals surface area (Å²) in [5, 5.41) is 9.07. The van der Waals surface area contributed by atoms with Crippen LogP contribution in [0, 0.1) is 6.92 Å². The SMILES string of the molecule is Cc1cc(CS(=O)(=O)Nc2ccc(-c3ccccc3OC(F)(F)F)cc2)ccc1C(=O)O. The predicted molar refractivity (Wildman–Crippen MR) is 113 cm³/mol. The number of aromatic carboxylic acids is 1. The van der Waals surface area contributed by atoms with E-state index in [0.29, 0.717) is 16.7 Å². The van der Waals surface area contributed by atoms with E-state index in [4.69, 9.17) is 5.11 Å². The van der Waals surface area contributed by atoms with Gasteiger partial charge in [0.2, 0.25) is 10.0 Å². The zero-order valence-electron chi connectivity index (χ0n) is 16.7. The van der Waals surface area contributed by atoms with Gasteiger partial charge in [0.1, 0.15) is 5.75 Å². The van der Waals surface area contributed by atoms with E-state index < -0.39 is 22.4 Å². The number of rotatable bonds is 7. The van der Waals surface area contributed by atoms with Gasteiger partial charge in [0.15, 0.2) is 0 Å². The van der Waals surface area contributed by atoms with Crippen LogP contribution in [-0.4, -0.2) is 25.9 Å². The maximum Gasteiger partial charge on any atom is 0.573 e. The minimum absolute atomic E-state index is 0.0875. The maximum atomic E-state index is 12.6. The summed E-state index contributed by atoms with van der Waals surface area (Å²) in [5.41, 5.74) is 1.77. The number of carboxylic acids is 1. The highest BCUT2D eigenvalue weighted by Gasteiger charge is 2.32. The van der Waals surface area contributed by atoms with Gasteiger partial charge >= 0.3 is 12.3 Å². The number of carboxylic acid groups (broad SMARTS) is 1. The van der Waals surface area contributed by atoms with E-state index in [0.717, 1.165) is 0 Å². The quantitative estimate of drug-likeness (QED) is 0.500. The zero-order valence-corrected chi connectivity index (χ0v) is 17.5. The Balaban J connectivity index is 1.76. The fourth-order valence-electron chi connectivity index (χ4n) is 3.13. The maximum absolute atomic E-state index is 12.6. The number of alkyl halides is 3. The Morgan fingerprint density at radius 2 is 1.69 bits per heavy atom. The number of hydrogen-bond donors (Lipinski definition) is 2. The molecule has 0 aliphatic rings. The Morgan fingerprint density at radius 3 is 2.28 bits per heavy atom. The lowest BCUT2D eigenvalue weighted by atomic mass is 10.0. The summed E-state index contributed by atoms with van der Waals surface area (Å²) in [6.07, 6.45) is -4.84. The Kier molecular flexibility index (Phi) is 6.45. The van der Waals surface area contributed by atoms with Crippen molar-refractivity contribution in [2.45, 2.75) is 19.0 Å². The summed E-state index contributed by atoms with van der Waals surface area (Å²) < 4.78 is 69.3. The van der Waals surface area contributed by atoms with Gasteiger partial charge in [-0.15, -0.1) is 13.2 Å². The summed E-state index contributed by atoms with van der Waals surface area (Å²) in [7, 11) is -3.82. The van der Waals surface area contributed by atoms with Crippen molar-refractivity contribution in [3.8, 4) is 16.9 Å². The number of aryl methyl sites for hydroxylation is 1. The summed E-state index contributed by atoms with van der Waals surface area (Å²) >= 11 is 0. The van der Waals surface area contributed by atoms with Gasteiger partial charge in [-0.3, -0.25) is 4.72 Å². The highest BCUT2D eigenvalue weighted by molar-refractivity contribution is 7.91. The average Bonchev–Trinajstić information content (AvgIpc) is 2.67. The summed E-state index contributed by atoms with van der Waals surface area (Å²) in [6.45, 7) is 1.58. The third-order valence-electron chi connectivity index (χ3n) is 4.46. The largest absolute Gasteiger partial charge is 0.573 e. The van der Waals surface area contributed by atoms with Crippen LogP contribution in [0.5, 0.6) is 5.75 Å². The number of nitrogens with one attached hydrogen (secondary N) is 1. The van der Waals surface area contributed by atoms with Crippen molar-refractivity contribution in [3.05, 3.63) is 83.4 Å². The molecule has 0 bridgehead atoms. The normalized spacial score (nSPS) is 11.8. The molecule has 0 aliphatic heterocycles. The monoisotopic (exact) mass is 465 g/mol. The van der Waals surface area contributed by atoms with Crippen LogP contribution in [0.15, 0.2) is 66.7 Å². The molecular weight excluding hydrogens is 447 g/mol. The van der Waals surface area contributed by atoms with Crippen LogP contribution in [0.2, 0.25) is 0 Å². The highest BCUT2D eigenvalue weighted by atomic mass is 32.2. The second-order valence-corrected chi connectivity index (χ2v) is 8.66. The Labute approximate surface area is 182 Å². The van der Waals surface area contributed by atoms with Crippen molar-refractivity contribution < 1.29 is 36.2 Å². The molecule has 3 aromatic rings. The Morgan fingerprint density at radius 1 is 1.03 bits per heavy atom. The molecule has 0 aliphatic carbocycles. The van der Waals surface area contributed by atoms with Gasteiger partial charge in [-0.2, -0.15) is 0 Å². The van der Waals surface area contributed by atoms with Crippen LogP contribution in [0.3, 0.4) is 0 Å². The Hall–Kier alpha value is -3.53. The number of halogens is 3. The number of anilines is 1. The molecule has 0 radical (unpaired) electrons. The van der Waals surface area contributed by atoms with Gasteiger partial charge in [-0.1, -0.05) is 42.5 Å². The third kappa shape index (κ3) is 6.01. The molecule has 6 nitrogen and oxygen atoms in total. The first kappa shape index (κ1) is 23.1. The standard InChI is InChI=1S/C22H18F3NO5S/c1-14-12-15(6-11-18(14)21(27)28)13-32(29,30)26-17-9-7-16(8-10-17)19-4-2-3-5-20(19)31-22(23,24)25/h2-12,26H,13H2,1H3,(H,27,28). The average molecular weight is 465 g/mol. The Bertz CT molecular complexity index is 1240. The van der Waals surface area contributed by atoms with Gasteiger partial charge in [-0.25, -0.2) is 13.2 Å². The third-order valence-corrected chi connectivity index (χ3v) is 5.72. The van der Waals surface area contributed by atoms with Crippen molar-refractivity contribution in [3.63, 3.8) is 0 Å². The first-order valence-corrected chi connectivity index (χ1v) is 10.9. The number of sulfonamides is 1. The van der Waals surface area contributed by atoms with Crippen molar-refractivity contribution in [2.75, 3.05) is 4.72 Å². The molecule has 32 heavy (non-hydrogen) atoms. The lowest BCUT2D eigenvalue weighted by Gasteiger charge is -2.14. The van der Waals surface area contributed by atoms with Crippen LogP contribution in [0.1, 0.15) is 21.5 Å². The van der Waals surface area contributed by atoms with Crippen LogP contribution < -0.4 is 9.46 Å². The van der Waals surface area contributed by atoms with Crippen molar-refractivity contribution >= 4 is 21.7 Å². The zero-order chi connectivity index (χ0) is 23.5. The predicted octanol–water partition coefficient (Wildman–Crippen LogP) is 5.20. The van der Waals surface area contributed by atoms with Crippen LogP contribution >= 0.6 is 0 Å². The molecule has 0 fully saturated rings. The smallest absolute Gasteiger partial charge is 0.478 e. The molecule has 10 heteroatoms. The second-order valence-electron chi connectivity index (χ2n) is 6.94. The van der Waals surface area contributed by atoms with Crippen molar-refractivity contribution in [1.82, 2.24) is 0 Å². The van der Waals surface area contributed by atoms with E-state index >= 15 is 0 Å². The minimum atomic E-state index is -4.84. The first-order valence-electron chi connectivity index (χ1n) is 9.22. The second kappa shape index (κ2) is 8.91. The lowest BCUT2D eigenvalue weighted by Crippen LogP contribution is -2.17. The molecule has 3 rings (SSSR count). The van der Waals surface area contributed by atoms with Gasteiger partial charge in [0.25, 0.3) is 0 Å².